The van der Waals surface area contributed by atoms with Gasteiger partial charge >= 0.3 is 0 Å². The van der Waals surface area contributed by atoms with Crippen LogP contribution in [0.1, 0.15) is 22.5 Å². The van der Waals surface area contributed by atoms with Crippen LogP contribution in [0, 0.1) is 11.3 Å². The molecule has 1 amide bonds. The molecular formula is C22H16BrClN6O2. The normalized spacial score (nSPS) is 10.7. The van der Waals surface area contributed by atoms with Crippen LogP contribution >= 0.6 is 27.5 Å². The molecule has 0 bridgehead atoms. The van der Waals surface area contributed by atoms with Crippen molar-refractivity contribution in [1.82, 2.24) is 15.0 Å². The largest absolute Gasteiger partial charge is 0.467 e. The quantitative estimate of drug-likeness (QED) is 0.339. The van der Waals surface area contributed by atoms with E-state index >= 15 is 0 Å². The first-order chi connectivity index (χ1) is 15.5. The molecule has 10 heteroatoms. The number of furan rings is 1. The van der Waals surface area contributed by atoms with E-state index in [-0.39, 0.29) is 17.5 Å². The molecule has 3 aromatic heterocycles. The minimum atomic E-state index is -0.383. The van der Waals surface area contributed by atoms with E-state index in [4.69, 9.17) is 21.3 Å². The smallest absolute Gasteiger partial charge is 0.256 e. The second kappa shape index (κ2) is 9.77. The Balaban J connectivity index is 1.68. The van der Waals surface area contributed by atoms with Crippen LogP contribution in [-0.2, 0) is 6.54 Å². The highest BCUT2D eigenvalue weighted by Gasteiger charge is 2.19. The second-order valence-electron chi connectivity index (χ2n) is 6.78. The Morgan fingerprint density at radius 3 is 2.97 bits per heavy atom. The number of amides is 1. The van der Waals surface area contributed by atoms with Crippen LogP contribution in [0.5, 0.6) is 0 Å². The fourth-order valence-electron chi connectivity index (χ4n) is 3.24. The van der Waals surface area contributed by atoms with Crippen LogP contribution in [0.25, 0.3) is 10.9 Å². The van der Waals surface area contributed by atoms with Gasteiger partial charge in [0.25, 0.3) is 5.91 Å². The summed E-state index contributed by atoms with van der Waals surface area (Å²) in [6, 6.07) is 12.7. The van der Waals surface area contributed by atoms with Gasteiger partial charge in [0.15, 0.2) is 5.82 Å². The van der Waals surface area contributed by atoms with Crippen molar-refractivity contribution in [3.05, 3.63) is 76.1 Å². The van der Waals surface area contributed by atoms with E-state index < -0.39 is 0 Å². The number of hydrogen-bond donors (Lipinski definition) is 1. The Bertz CT molecular complexity index is 1310. The molecule has 3 heterocycles. The summed E-state index contributed by atoms with van der Waals surface area (Å²) in [5.41, 5.74) is 1.37. The first-order valence-electron chi connectivity index (χ1n) is 9.56. The van der Waals surface area contributed by atoms with Crippen molar-refractivity contribution in [3.8, 4) is 6.07 Å². The molecule has 0 unspecified atom stereocenters. The lowest BCUT2D eigenvalue weighted by atomic mass is 10.1. The molecule has 0 atom stereocenters. The SMILES string of the molecule is N#CCCN(Cc1ccco1)c1ncncc1NC(=O)c1cc(Cl)nc2ccc(Br)cc12. The van der Waals surface area contributed by atoms with Gasteiger partial charge in [0, 0.05) is 16.4 Å². The lowest BCUT2D eigenvalue weighted by Gasteiger charge is -2.24. The Hall–Kier alpha value is -3.48. The lowest BCUT2D eigenvalue weighted by molar-refractivity contribution is 0.102. The molecule has 8 nitrogen and oxygen atoms in total. The van der Waals surface area contributed by atoms with E-state index in [1.165, 1.54) is 18.6 Å². The van der Waals surface area contributed by atoms with Gasteiger partial charge in [0.2, 0.25) is 0 Å². The van der Waals surface area contributed by atoms with Gasteiger partial charge in [-0.05, 0) is 36.4 Å². The van der Waals surface area contributed by atoms with Crippen molar-refractivity contribution >= 4 is 55.8 Å². The number of aromatic nitrogens is 3. The van der Waals surface area contributed by atoms with Crippen LogP contribution in [0.4, 0.5) is 11.5 Å². The summed E-state index contributed by atoms with van der Waals surface area (Å²) < 4.78 is 6.26. The molecule has 0 saturated heterocycles. The number of nitrogens with one attached hydrogen (secondary N) is 1. The second-order valence-corrected chi connectivity index (χ2v) is 8.08. The first-order valence-corrected chi connectivity index (χ1v) is 10.7. The number of rotatable bonds is 7. The number of carbonyl (C=O) groups is 1. The van der Waals surface area contributed by atoms with Crippen LogP contribution in [-0.4, -0.2) is 27.4 Å². The topological polar surface area (TPSA) is 108 Å². The summed E-state index contributed by atoms with van der Waals surface area (Å²) in [6.45, 7) is 0.777. The lowest BCUT2D eigenvalue weighted by Crippen LogP contribution is -2.26. The van der Waals surface area contributed by atoms with Gasteiger partial charge in [0.1, 0.15) is 22.9 Å². The third kappa shape index (κ3) is 4.88. The molecule has 160 valence electrons. The molecule has 4 aromatic rings. The number of nitrogens with zero attached hydrogens (tertiary/aromatic N) is 5. The highest BCUT2D eigenvalue weighted by Crippen LogP contribution is 2.28. The number of pyridine rings is 1. The Morgan fingerprint density at radius 1 is 1.31 bits per heavy atom. The predicted octanol–water partition coefficient (Wildman–Crippen LogP) is 5.21. The molecule has 0 radical (unpaired) electrons. The molecule has 32 heavy (non-hydrogen) atoms. The van der Waals surface area contributed by atoms with Gasteiger partial charge in [-0.2, -0.15) is 5.26 Å². The molecule has 0 fully saturated rings. The Labute approximate surface area is 197 Å². The Morgan fingerprint density at radius 2 is 2.19 bits per heavy atom. The molecular weight excluding hydrogens is 496 g/mol. The highest BCUT2D eigenvalue weighted by molar-refractivity contribution is 9.10. The number of benzene rings is 1. The van der Waals surface area contributed by atoms with Crippen LogP contribution in [0.2, 0.25) is 5.15 Å². The maximum Gasteiger partial charge on any atom is 0.256 e. The number of hydrogen-bond acceptors (Lipinski definition) is 7. The molecule has 1 aromatic carbocycles. The number of halogens is 2. The van der Waals surface area contributed by atoms with E-state index in [9.17, 15) is 4.79 Å². The van der Waals surface area contributed by atoms with E-state index in [2.05, 4.69) is 42.3 Å². The van der Waals surface area contributed by atoms with Crippen molar-refractivity contribution in [3.63, 3.8) is 0 Å². The third-order valence-electron chi connectivity index (χ3n) is 4.64. The third-order valence-corrected chi connectivity index (χ3v) is 5.33. The van der Waals surface area contributed by atoms with E-state index in [0.717, 1.165) is 4.47 Å². The average Bonchev–Trinajstić information content (AvgIpc) is 3.30. The van der Waals surface area contributed by atoms with Gasteiger partial charge in [0.05, 0.1) is 42.6 Å². The van der Waals surface area contributed by atoms with Gasteiger partial charge < -0.3 is 14.6 Å². The van der Waals surface area contributed by atoms with Crippen LogP contribution in [0.3, 0.4) is 0 Å². The molecule has 0 aliphatic heterocycles. The average molecular weight is 512 g/mol. The van der Waals surface area contributed by atoms with Gasteiger partial charge in [-0.25, -0.2) is 15.0 Å². The van der Waals surface area contributed by atoms with E-state index in [0.29, 0.717) is 46.8 Å². The fourth-order valence-corrected chi connectivity index (χ4v) is 3.80. The van der Waals surface area contributed by atoms with Crippen LogP contribution < -0.4 is 10.2 Å². The zero-order valence-electron chi connectivity index (χ0n) is 16.6. The van der Waals surface area contributed by atoms with Crippen molar-refractivity contribution in [2.24, 2.45) is 0 Å². The van der Waals surface area contributed by atoms with Crippen molar-refractivity contribution < 1.29 is 9.21 Å². The monoisotopic (exact) mass is 510 g/mol. The van der Waals surface area contributed by atoms with Crippen LogP contribution in [0.15, 0.2) is 64.1 Å². The Kier molecular flexibility index (Phi) is 6.63. The molecule has 0 saturated carbocycles. The molecule has 0 spiro atoms. The van der Waals surface area contributed by atoms with E-state index in [1.807, 2.05) is 23.1 Å². The maximum atomic E-state index is 13.2. The van der Waals surface area contributed by atoms with Crippen molar-refractivity contribution in [2.75, 3.05) is 16.8 Å². The van der Waals surface area contributed by atoms with Gasteiger partial charge in [-0.1, -0.05) is 27.5 Å². The summed E-state index contributed by atoms with van der Waals surface area (Å²) in [7, 11) is 0. The maximum absolute atomic E-state index is 13.2. The summed E-state index contributed by atoms with van der Waals surface area (Å²) in [5, 5.41) is 12.8. The summed E-state index contributed by atoms with van der Waals surface area (Å²) >= 11 is 9.58. The van der Waals surface area contributed by atoms with Crippen molar-refractivity contribution in [2.45, 2.75) is 13.0 Å². The molecule has 1 N–H and O–H groups in total. The standard InChI is InChI=1S/C22H16BrClN6O2/c23-14-4-5-18-16(9-14)17(10-20(24)28-18)22(31)29-19-11-26-13-27-21(19)30(7-2-6-25)12-15-3-1-8-32-15/h1,3-5,8-11,13H,2,7,12H2,(H,29,31). The van der Waals surface area contributed by atoms with Gasteiger partial charge in [-0.15, -0.1) is 0 Å². The van der Waals surface area contributed by atoms with Gasteiger partial charge in [-0.3, -0.25) is 4.79 Å². The van der Waals surface area contributed by atoms with Crippen molar-refractivity contribution in [1.29, 1.82) is 5.26 Å². The zero-order chi connectivity index (χ0) is 22.5. The molecule has 4 rings (SSSR count). The summed E-state index contributed by atoms with van der Waals surface area (Å²) in [6.07, 6.45) is 4.76. The van der Waals surface area contributed by atoms with E-state index in [1.54, 1.807) is 18.4 Å². The number of anilines is 2. The number of carbonyl (C=O) groups excluding carboxylic acids is 1. The highest BCUT2D eigenvalue weighted by atomic mass is 79.9. The first kappa shape index (κ1) is 21.7. The predicted molar refractivity (Wildman–Crippen MR) is 124 cm³/mol. The number of nitriles is 1. The molecule has 0 aliphatic rings. The number of fused-ring (bicyclic) bond motifs is 1. The molecule has 0 aliphatic carbocycles. The minimum absolute atomic E-state index is 0.211. The fraction of sp³-hybridized carbons (Fsp3) is 0.136. The summed E-state index contributed by atoms with van der Waals surface area (Å²) in [5.74, 6) is 0.799. The minimum Gasteiger partial charge on any atom is -0.467 e. The summed E-state index contributed by atoms with van der Waals surface area (Å²) in [4.78, 5) is 27.8. The zero-order valence-corrected chi connectivity index (χ0v) is 19.0.